The SMILES string of the molecule is C=C(C)C(=O)OC[C-](CCOc1ccc(/C(F)=C(\F)c2ccc(OCC[C-](COC(=O)C(=C)C)COC(=O)C(=C)C)cc2)cc1)COC(=O)C(=C)C.[Y].[Y]. The number of carbonyl (C=O) groups is 4. The van der Waals surface area contributed by atoms with Crippen molar-refractivity contribution in [1.82, 2.24) is 0 Å². The summed E-state index contributed by atoms with van der Waals surface area (Å²) in [7, 11) is 0. The van der Waals surface area contributed by atoms with E-state index in [-0.39, 0.29) is 151 Å². The van der Waals surface area contributed by atoms with E-state index >= 15 is 8.78 Å². The summed E-state index contributed by atoms with van der Waals surface area (Å²) < 4.78 is 62.3. The van der Waals surface area contributed by atoms with Crippen molar-refractivity contribution in [2.24, 2.45) is 0 Å². The minimum Gasteiger partial charge on any atom is -0.496 e. The third kappa shape index (κ3) is 18.8. The fraction of sp³-hybridized carbons (Fsp3) is 0.300. The van der Waals surface area contributed by atoms with Gasteiger partial charge in [-0.15, -0.1) is 12.8 Å². The van der Waals surface area contributed by atoms with Crippen LogP contribution in [-0.2, 0) is 104 Å². The molecule has 10 nitrogen and oxygen atoms in total. The first-order chi connectivity index (χ1) is 24.6. The molecule has 0 bridgehead atoms. The van der Waals surface area contributed by atoms with Gasteiger partial charge in [-0.2, -0.15) is 0 Å². The number of esters is 4. The van der Waals surface area contributed by atoms with Crippen molar-refractivity contribution in [1.29, 1.82) is 0 Å². The molecule has 2 rings (SSSR count). The average Bonchev–Trinajstić information content (AvgIpc) is 3.12. The molecule has 0 fully saturated rings. The molecule has 0 aliphatic heterocycles. The van der Waals surface area contributed by atoms with Gasteiger partial charge in [-0.05, 0) is 103 Å². The minimum atomic E-state index is -1.08. The van der Waals surface area contributed by atoms with Gasteiger partial charge < -0.3 is 28.4 Å². The first-order valence-corrected chi connectivity index (χ1v) is 16.1. The van der Waals surface area contributed by atoms with Crippen LogP contribution in [0.5, 0.6) is 11.5 Å². The number of hydrogen-bond donors (Lipinski definition) is 0. The Labute approximate surface area is 366 Å². The summed E-state index contributed by atoms with van der Waals surface area (Å²) in [5.41, 5.74) is 0.851. The quantitative estimate of drug-likeness (QED) is 0.0384. The van der Waals surface area contributed by atoms with Crippen molar-refractivity contribution >= 4 is 35.5 Å². The molecule has 0 saturated heterocycles. The van der Waals surface area contributed by atoms with Gasteiger partial charge in [-0.1, -0.05) is 26.3 Å². The molecule has 286 valence electrons. The Balaban J connectivity index is 0.0000140. The third-order valence-corrected chi connectivity index (χ3v) is 6.88. The second-order valence-electron chi connectivity index (χ2n) is 11.8. The average molecular weight is 901 g/mol. The Bertz CT molecular complexity index is 1470. The molecule has 0 atom stereocenters. The van der Waals surface area contributed by atoms with Crippen LogP contribution >= 0.6 is 0 Å². The van der Waals surface area contributed by atoms with E-state index < -0.39 is 35.5 Å². The van der Waals surface area contributed by atoms with E-state index in [9.17, 15) is 19.2 Å². The van der Waals surface area contributed by atoms with Gasteiger partial charge >= 0.3 is 23.9 Å². The molecule has 0 amide bonds. The van der Waals surface area contributed by atoms with Gasteiger partial charge in [0.2, 0.25) is 0 Å². The van der Waals surface area contributed by atoms with E-state index in [4.69, 9.17) is 28.4 Å². The molecule has 2 radical (unpaired) electrons. The van der Waals surface area contributed by atoms with Crippen LogP contribution < -0.4 is 9.47 Å². The van der Waals surface area contributed by atoms with Crippen LogP contribution in [-0.4, -0.2) is 63.5 Å². The summed E-state index contributed by atoms with van der Waals surface area (Å²) in [4.78, 5) is 47.2. The maximum Gasteiger partial charge on any atom is 0.330 e. The summed E-state index contributed by atoms with van der Waals surface area (Å²) in [6.45, 7) is 20.0. The van der Waals surface area contributed by atoms with Crippen molar-refractivity contribution in [2.45, 2.75) is 40.5 Å². The minimum absolute atomic E-state index is 0. The van der Waals surface area contributed by atoms with Gasteiger partial charge in [-0.3, -0.25) is 0 Å². The zero-order valence-corrected chi connectivity index (χ0v) is 36.8. The van der Waals surface area contributed by atoms with Gasteiger partial charge in [0.15, 0.2) is 11.7 Å². The van der Waals surface area contributed by atoms with Crippen molar-refractivity contribution in [3.05, 3.63) is 120 Å². The van der Waals surface area contributed by atoms with Gasteiger partial charge in [0.1, 0.15) is 11.5 Å². The molecular formula is C40H44F2O10Y2-2. The number of benzene rings is 2. The third-order valence-electron chi connectivity index (χ3n) is 6.88. The van der Waals surface area contributed by atoms with Crippen LogP contribution in [0.4, 0.5) is 8.78 Å². The predicted molar refractivity (Wildman–Crippen MR) is 192 cm³/mol. The second kappa shape index (κ2) is 26.5. The first-order valence-electron chi connectivity index (χ1n) is 16.1. The van der Waals surface area contributed by atoms with Crippen molar-refractivity contribution in [3.63, 3.8) is 0 Å². The summed E-state index contributed by atoms with van der Waals surface area (Å²) in [5, 5.41) is 0. The molecule has 2 aromatic carbocycles. The van der Waals surface area contributed by atoms with E-state index in [1.807, 2.05) is 0 Å². The second-order valence-corrected chi connectivity index (χ2v) is 11.8. The largest absolute Gasteiger partial charge is 0.496 e. The monoisotopic (exact) mass is 900 g/mol. The van der Waals surface area contributed by atoms with Crippen LogP contribution in [0.15, 0.2) is 97.1 Å². The van der Waals surface area contributed by atoms with Crippen molar-refractivity contribution in [2.75, 3.05) is 39.6 Å². The maximum atomic E-state index is 15.1. The maximum absolute atomic E-state index is 15.1. The fourth-order valence-electron chi connectivity index (χ4n) is 3.81. The van der Waals surface area contributed by atoms with Gasteiger partial charge in [0, 0.05) is 98.8 Å². The molecule has 0 unspecified atom stereocenters. The van der Waals surface area contributed by atoms with E-state index in [1.165, 1.54) is 76.2 Å². The van der Waals surface area contributed by atoms with Gasteiger partial charge in [-0.25, -0.2) is 39.8 Å². The van der Waals surface area contributed by atoms with Crippen LogP contribution in [0.1, 0.15) is 51.7 Å². The molecular weight excluding hydrogens is 856 g/mol. The molecule has 0 saturated carbocycles. The molecule has 0 spiro atoms. The predicted octanol–water partition coefficient (Wildman–Crippen LogP) is 7.61. The van der Waals surface area contributed by atoms with Gasteiger partial charge in [0.25, 0.3) is 0 Å². The summed E-state index contributed by atoms with van der Waals surface area (Å²) in [5.74, 6) is -2.63. The molecule has 0 aromatic heterocycles. The van der Waals surface area contributed by atoms with E-state index in [1.54, 1.807) is 0 Å². The number of rotatable bonds is 22. The van der Waals surface area contributed by atoms with Crippen LogP contribution in [0, 0.1) is 11.8 Å². The van der Waals surface area contributed by atoms with Crippen LogP contribution in [0.3, 0.4) is 0 Å². The summed E-state index contributed by atoms with van der Waals surface area (Å²) >= 11 is 0. The molecule has 2 aromatic rings. The first kappa shape index (κ1) is 50.7. The summed E-state index contributed by atoms with van der Waals surface area (Å²) in [6.07, 6.45) is 0.541. The number of carbonyl (C=O) groups excluding carboxylic acids is 4. The molecule has 0 aliphatic carbocycles. The number of halogens is 2. The Kier molecular flexibility index (Phi) is 24.9. The van der Waals surface area contributed by atoms with Crippen LogP contribution in [0.2, 0.25) is 0 Å². The Morgan fingerprint density at radius 2 is 0.741 bits per heavy atom. The van der Waals surface area contributed by atoms with E-state index in [2.05, 4.69) is 26.3 Å². The Morgan fingerprint density at radius 3 is 0.963 bits per heavy atom. The Hall–Kier alpha value is -3.31. The zero-order valence-electron chi connectivity index (χ0n) is 31.1. The van der Waals surface area contributed by atoms with E-state index in [0.29, 0.717) is 23.3 Å². The smallest absolute Gasteiger partial charge is 0.330 e. The standard InChI is InChI=1S/C40H44F2O10.2Y/c1-25(2)37(43)49-21-29(22-50-38(44)26(3)4)17-19-47-33-13-9-31(10-14-33)35(41)36(42)32-11-15-34(16-12-32)48-20-18-30(23-51-39(45)27(5)6)24-52-40(46)28(7)8;;/h9-16H,1,3,5,7,17-24H2,2,4,6,8H3;;/q-2;;/b36-35+;;. The molecule has 14 heteroatoms. The van der Waals surface area contributed by atoms with Crippen molar-refractivity contribution < 1.29 is 122 Å². The van der Waals surface area contributed by atoms with E-state index in [0.717, 1.165) is 0 Å². The molecule has 54 heavy (non-hydrogen) atoms. The summed E-state index contributed by atoms with van der Waals surface area (Å²) in [6, 6.07) is 11.4. The fourth-order valence-corrected chi connectivity index (χ4v) is 3.81. The molecule has 0 heterocycles. The molecule has 0 N–H and O–H groups in total. The number of hydrogen-bond acceptors (Lipinski definition) is 10. The van der Waals surface area contributed by atoms with Crippen molar-refractivity contribution in [3.8, 4) is 11.5 Å². The zero-order chi connectivity index (χ0) is 38.8. The normalized spacial score (nSPS) is 10.8. The molecule has 0 aliphatic rings. The van der Waals surface area contributed by atoms with Gasteiger partial charge in [0.05, 0.1) is 13.2 Å². The Morgan fingerprint density at radius 1 is 0.500 bits per heavy atom. The van der Waals surface area contributed by atoms with Crippen LogP contribution in [0.25, 0.3) is 11.7 Å². The topological polar surface area (TPSA) is 124 Å². The number of ether oxygens (including phenoxy) is 6.